The third-order valence-electron chi connectivity index (χ3n) is 2.27. The van der Waals surface area contributed by atoms with Crippen molar-refractivity contribution in [3.05, 3.63) is 28.5 Å². The fraction of sp³-hybridized carbons (Fsp3) is 0.545. The second-order valence-electron chi connectivity index (χ2n) is 4.18. The molecule has 0 amide bonds. The van der Waals surface area contributed by atoms with Gasteiger partial charge in [0.1, 0.15) is 0 Å². The van der Waals surface area contributed by atoms with E-state index in [0.717, 1.165) is 23.1 Å². The van der Waals surface area contributed by atoms with Crippen LogP contribution in [0, 0.1) is 0 Å². The predicted octanol–water partition coefficient (Wildman–Crippen LogP) is 2.09. The van der Waals surface area contributed by atoms with Gasteiger partial charge in [0.15, 0.2) is 0 Å². The number of rotatable bonds is 5. The van der Waals surface area contributed by atoms with Gasteiger partial charge in [-0.3, -0.25) is 4.98 Å². The first-order valence-electron chi connectivity index (χ1n) is 5.00. The maximum Gasteiger partial charge on any atom is 0.0542 e. The van der Waals surface area contributed by atoms with Gasteiger partial charge in [0, 0.05) is 29.4 Å². The SMILES string of the molecule is CC(C)(CCO)NCc1ccc(Br)cn1. The smallest absolute Gasteiger partial charge is 0.0542 e. The lowest BCUT2D eigenvalue weighted by Crippen LogP contribution is -2.39. The van der Waals surface area contributed by atoms with E-state index in [-0.39, 0.29) is 12.1 Å². The molecule has 1 heterocycles. The Morgan fingerprint density at radius 1 is 1.47 bits per heavy atom. The van der Waals surface area contributed by atoms with Crippen molar-refractivity contribution in [3.8, 4) is 0 Å². The number of nitrogens with one attached hydrogen (secondary N) is 1. The van der Waals surface area contributed by atoms with Crippen molar-refractivity contribution in [2.24, 2.45) is 0 Å². The van der Waals surface area contributed by atoms with Crippen molar-refractivity contribution in [2.45, 2.75) is 32.4 Å². The summed E-state index contributed by atoms with van der Waals surface area (Å²) in [6.07, 6.45) is 2.53. The molecule has 15 heavy (non-hydrogen) atoms. The number of pyridine rings is 1. The molecule has 0 unspecified atom stereocenters. The van der Waals surface area contributed by atoms with E-state index in [0.29, 0.717) is 0 Å². The Hall–Kier alpha value is -0.450. The van der Waals surface area contributed by atoms with Crippen molar-refractivity contribution < 1.29 is 5.11 Å². The van der Waals surface area contributed by atoms with E-state index in [9.17, 15) is 0 Å². The van der Waals surface area contributed by atoms with E-state index in [2.05, 4.69) is 40.1 Å². The third-order valence-corrected chi connectivity index (χ3v) is 2.74. The Balaban J connectivity index is 2.46. The van der Waals surface area contributed by atoms with Crippen LogP contribution in [0.3, 0.4) is 0 Å². The fourth-order valence-corrected chi connectivity index (χ4v) is 1.44. The molecule has 0 saturated heterocycles. The second-order valence-corrected chi connectivity index (χ2v) is 5.09. The summed E-state index contributed by atoms with van der Waals surface area (Å²) in [7, 11) is 0. The zero-order valence-corrected chi connectivity index (χ0v) is 10.7. The molecule has 4 heteroatoms. The molecule has 0 aromatic carbocycles. The predicted molar refractivity (Wildman–Crippen MR) is 64.6 cm³/mol. The molecule has 0 spiro atoms. The first-order chi connectivity index (χ1) is 7.03. The van der Waals surface area contributed by atoms with Crippen molar-refractivity contribution in [3.63, 3.8) is 0 Å². The molecule has 3 nitrogen and oxygen atoms in total. The number of nitrogens with zero attached hydrogens (tertiary/aromatic N) is 1. The van der Waals surface area contributed by atoms with Crippen LogP contribution in [0.2, 0.25) is 0 Å². The normalized spacial score (nSPS) is 11.7. The molecule has 84 valence electrons. The number of hydrogen-bond donors (Lipinski definition) is 2. The van der Waals surface area contributed by atoms with E-state index in [4.69, 9.17) is 5.11 Å². The van der Waals surface area contributed by atoms with Gasteiger partial charge in [0.25, 0.3) is 0 Å². The minimum absolute atomic E-state index is 0.0521. The molecule has 0 aliphatic heterocycles. The first-order valence-corrected chi connectivity index (χ1v) is 5.79. The molecule has 0 bridgehead atoms. The molecule has 0 saturated carbocycles. The average molecular weight is 273 g/mol. The van der Waals surface area contributed by atoms with Gasteiger partial charge in [-0.1, -0.05) is 0 Å². The zero-order chi connectivity index (χ0) is 11.3. The van der Waals surface area contributed by atoms with Crippen molar-refractivity contribution in [1.29, 1.82) is 0 Å². The number of aliphatic hydroxyl groups excluding tert-OH is 1. The average Bonchev–Trinajstić information content (AvgIpc) is 2.17. The van der Waals surface area contributed by atoms with Crippen molar-refractivity contribution in [2.75, 3.05) is 6.61 Å². The maximum absolute atomic E-state index is 8.87. The highest BCUT2D eigenvalue weighted by Gasteiger charge is 2.15. The summed E-state index contributed by atoms with van der Waals surface area (Å²) in [5.41, 5.74) is 0.952. The minimum Gasteiger partial charge on any atom is -0.396 e. The topological polar surface area (TPSA) is 45.1 Å². The van der Waals surface area contributed by atoms with Crippen LogP contribution in [-0.4, -0.2) is 22.2 Å². The highest BCUT2D eigenvalue weighted by Crippen LogP contribution is 2.10. The highest BCUT2D eigenvalue weighted by atomic mass is 79.9. The van der Waals surface area contributed by atoms with E-state index in [1.807, 2.05) is 12.1 Å². The Kier molecular flexibility index (Phi) is 4.70. The fourth-order valence-electron chi connectivity index (χ4n) is 1.21. The molecule has 1 aromatic rings. The van der Waals surface area contributed by atoms with Crippen LogP contribution in [0.4, 0.5) is 0 Å². The maximum atomic E-state index is 8.87. The Labute approximate surface area is 99.1 Å². The van der Waals surface area contributed by atoms with Gasteiger partial charge in [-0.25, -0.2) is 0 Å². The standard InChI is InChI=1S/C11H17BrN2O/c1-11(2,5-6-15)14-8-10-4-3-9(12)7-13-10/h3-4,7,14-15H,5-6,8H2,1-2H3. The van der Waals surface area contributed by atoms with Gasteiger partial charge in [-0.05, 0) is 48.3 Å². The molecule has 0 radical (unpaired) electrons. The first kappa shape index (κ1) is 12.6. The molecule has 0 atom stereocenters. The lowest BCUT2D eigenvalue weighted by molar-refractivity contribution is 0.229. The number of halogens is 1. The molecular formula is C11H17BrN2O. The number of aliphatic hydroxyl groups is 1. The minimum atomic E-state index is -0.0521. The molecule has 0 fully saturated rings. The second kappa shape index (κ2) is 5.58. The quantitative estimate of drug-likeness (QED) is 0.863. The molecule has 1 aromatic heterocycles. The molecule has 0 aliphatic carbocycles. The van der Waals surface area contributed by atoms with Crippen LogP contribution in [0.15, 0.2) is 22.8 Å². The number of aromatic nitrogens is 1. The summed E-state index contributed by atoms with van der Waals surface area (Å²) in [5, 5.41) is 12.2. The lowest BCUT2D eigenvalue weighted by atomic mass is 10.0. The van der Waals surface area contributed by atoms with Gasteiger partial charge >= 0.3 is 0 Å². The van der Waals surface area contributed by atoms with E-state index >= 15 is 0 Å². The highest BCUT2D eigenvalue weighted by molar-refractivity contribution is 9.10. The molecular weight excluding hydrogens is 256 g/mol. The van der Waals surface area contributed by atoms with E-state index in [1.165, 1.54) is 0 Å². The Bertz CT molecular complexity index is 298. The van der Waals surface area contributed by atoms with Crippen LogP contribution < -0.4 is 5.32 Å². The molecule has 2 N–H and O–H groups in total. The summed E-state index contributed by atoms with van der Waals surface area (Å²) < 4.78 is 0.987. The van der Waals surface area contributed by atoms with Crippen LogP contribution in [0.5, 0.6) is 0 Å². The summed E-state index contributed by atoms with van der Waals surface area (Å²) in [6.45, 7) is 5.07. The molecule has 0 aliphatic rings. The third kappa shape index (κ3) is 4.73. The summed E-state index contributed by atoms with van der Waals surface area (Å²) in [6, 6.07) is 3.95. The van der Waals surface area contributed by atoms with Gasteiger partial charge in [-0.2, -0.15) is 0 Å². The van der Waals surface area contributed by atoms with Crippen LogP contribution >= 0.6 is 15.9 Å². The molecule has 1 rings (SSSR count). The van der Waals surface area contributed by atoms with Gasteiger partial charge in [0.2, 0.25) is 0 Å². The van der Waals surface area contributed by atoms with Crippen LogP contribution in [0.1, 0.15) is 26.0 Å². The van der Waals surface area contributed by atoms with E-state index < -0.39 is 0 Å². The van der Waals surface area contributed by atoms with E-state index in [1.54, 1.807) is 6.20 Å². The van der Waals surface area contributed by atoms with Gasteiger partial charge in [0.05, 0.1) is 5.69 Å². The Morgan fingerprint density at radius 2 is 2.20 bits per heavy atom. The van der Waals surface area contributed by atoms with Crippen molar-refractivity contribution >= 4 is 15.9 Å². The van der Waals surface area contributed by atoms with Gasteiger partial charge < -0.3 is 10.4 Å². The summed E-state index contributed by atoms with van der Waals surface area (Å²) in [5.74, 6) is 0. The van der Waals surface area contributed by atoms with Crippen molar-refractivity contribution in [1.82, 2.24) is 10.3 Å². The summed E-state index contributed by atoms with van der Waals surface area (Å²) in [4.78, 5) is 4.27. The van der Waals surface area contributed by atoms with Gasteiger partial charge in [-0.15, -0.1) is 0 Å². The van der Waals surface area contributed by atoms with Crippen LogP contribution in [0.25, 0.3) is 0 Å². The Morgan fingerprint density at radius 3 is 2.73 bits per heavy atom. The summed E-state index contributed by atoms with van der Waals surface area (Å²) >= 11 is 3.34. The van der Waals surface area contributed by atoms with Crippen LogP contribution in [-0.2, 0) is 6.54 Å². The number of hydrogen-bond acceptors (Lipinski definition) is 3. The zero-order valence-electron chi connectivity index (χ0n) is 9.13. The largest absolute Gasteiger partial charge is 0.396 e. The lowest BCUT2D eigenvalue weighted by Gasteiger charge is -2.25. The monoisotopic (exact) mass is 272 g/mol.